The standard InChI is InChI=1S/C14H10ClF3N2O5/c15-7-3-8-6(2-10(7)25-5-14(16,17)18)1-9(21)12(20-8)13(24)19-4-11(22)23/h1-3,21H,4-5H2,(H,19,24)(H,22,23). The number of alkyl halides is 3. The molecule has 1 amide bonds. The van der Waals surface area contributed by atoms with Crippen LogP contribution >= 0.6 is 11.6 Å². The number of hydrogen-bond donors (Lipinski definition) is 3. The van der Waals surface area contributed by atoms with Crippen molar-refractivity contribution in [1.29, 1.82) is 0 Å². The molecule has 1 aromatic carbocycles. The van der Waals surface area contributed by atoms with Crippen molar-refractivity contribution in [3.63, 3.8) is 0 Å². The zero-order valence-corrected chi connectivity index (χ0v) is 13.0. The number of carbonyl (C=O) groups is 2. The summed E-state index contributed by atoms with van der Waals surface area (Å²) >= 11 is 5.83. The Morgan fingerprint density at radius 2 is 1.96 bits per heavy atom. The molecule has 134 valence electrons. The molecule has 0 unspecified atom stereocenters. The third-order valence-corrected chi connectivity index (χ3v) is 3.15. The van der Waals surface area contributed by atoms with Crippen LogP contribution in [0.5, 0.6) is 11.5 Å². The Kier molecular flexibility index (Phi) is 5.21. The minimum absolute atomic E-state index is 0.0997. The summed E-state index contributed by atoms with van der Waals surface area (Å²) in [5.74, 6) is -3.08. The smallest absolute Gasteiger partial charge is 0.422 e. The number of aliphatic carboxylic acids is 1. The summed E-state index contributed by atoms with van der Waals surface area (Å²) in [6, 6.07) is 3.37. The van der Waals surface area contributed by atoms with Crippen molar-refractivity contribution in [2.24, 2.45) is 0 Å². The highest BCUT2D eigenvalue weighted by atomic mass is 35.5. The van der Waals surface area contributed by atoms with Gasteiger partial charge in [-0.05, 0) is 18.2 Å². The second kappa shape index (κ2) is 7.01. The van der Waals surface area contributed by atoms with Crippen LogP contribution in [-0.2, 0) is 4.79 Å². The Bertz CT molecular complexity index is 841. The summed E-state index contributed by atoms with van der Waals surface area (Å²) < 4.78 is 41.2. The fourth-order valence-electron chi connectivity index (χ4n) is 1.84. The molecular formula is C14H10ClF3N2O5. The number of pyridine rings is 1. The molecule has 0 radical (unpaired) electrons. The van der Waals surface area contributed by atoms with Gasteiger partial charge in [0.25, 0.3) is 5.91 Å². The van der Waals surface area contributed by atoms with Gasteiger partial charge in [-0.3, -0.25) is 9.59 Å². The van der Waals surface area contributed by atoms with Gasteiger partial charge in [-0.1, -0.05) is 11.6 Å². The van der Waals surface area contributed by atoms with Gasteiger partial charge in [-0.15, -0.1) is 0 Å². The number of benzene rings is 1. The lowest BCUT2D eigenvalue weighted by Gasteiger charge is -2.12. The van der Waals surface area contributed by atoms with Gasteiger partial charge in [-0.2, -0.15) is 13.2 Å². The maximum Gasteiger partial charge on any atom is 0.422 e. The Morgan fingerprint density at radius 1 is 1.28 bits per heavy atom. The number of nitrogens with one attached hydrogen (secondary N) is 1. The number of amides is 1. The molecule has 11 heteroatoms. The largest absolute Gasteiger partial charge is 0.505 e. The average molecular weight is 379 g/mol. The van der Waals surface area contributed by atoms with Crippen LogP contribution in [0.4, 0.5) is 13.2 Å². The van der Waals surface area contributed by atoms with E-state index in [0.29, 0.717) is 0 Å². The lowest BCUT2D eigenvalue weighted by Crippen LogP contribution is -2.29. The number of carboxylic acids is 1. The van der Waals surface area contributed by atoms with E-state index < -0.39 is 42.6 Å². The summed E-state index contributed by atoms with van der Waals surface area (Å²) in [4.78, 5) is 26.1. The molecule has 0 aliphatic rings. The molecule has 1 heterocycles. The number of nitrogens with zero attached hydrogens (tertiary/aromatic N) is 1. The highest BCUT2D eigenvalue weighted by Crippen LogP contribution is 2.32. The number of rotatable bonds is 5. The summed E-state index contributed by atoms with van der Waals surface area (Å²) in [5, 5.41) is 20.4. The van der Waals surface area contributed by atoms with Crippen LogP contribution in [0.1, 0.15) is 10.5 Å². The molecular weight excluding hydrogens is 369 g/mol. The maximum atomic E-state index is 12.2. The van der Waals surface area contributed by atoms with Crippen LogP contribution in [0.15, 0.2) is 18.2 Å². The van der Waals surface area contributed by atoms with Crippen LogP contribution in [-0.4, -0.2) is 46.4 Å². The summed E-state index contributed by atoms with van der Waals surface area (Å²) in [7, 11) is 0. The van der Waals surface area contributed by atoms with Gasteiger partial charge in [-0.25, -0.2) is 4.98 Å². The molecule has 0 atom stereocenters. The van der Waals surface area contributed by atoms with Gasteiger partial charge in [0.1, 0.15) is 18.0 Å². The van der Waals surface area contributed by atoms with E-state index in [1.54, 1.807) is 0 Å². The quantitative estimate of drug-likeness (QED) is 0.737. The third kappa shape index (κ3) is 4.86. The number of aromatic nitrogens is 1. The van der Waals surface area contributed by atoms with Gasteiger partial charge in [0.05, 0.1) is 10.5 Å². The summed E-state index contributed by atoms with van der Waals surface area (Å²) in [6.45, 7) is -2.23. The Hall–Kier alpha value is -2.75. The van der Waals surface area contributed by atoms with Crippen LogP contribution < -0.4 is 10.1 Å². The first kappa shape index (κ1) is 18.6. The van der Waals surface area contributed by atoms with Crippen molar-refractivity contribution in [3.8, 4) is 11.5 Å². The lowest BCUT2D eigenvalue weighted by molar-refractivity contribution is -0.153. The summed E-state index contributed by atoms with van der Waals surface area (Å²) in [5.41, 5.74) is -0.351. The highest BCUT2D eigenvalue weighted by Gasteiger charge is 2.29. The van der Waals surface area contributed by atoms with E-state index in [2.05, 4.69) is 9.72 Å². The minimum atomic E-state index is -4.55. The number of halogens is 4. The van der Waals surface area contributed by atoms with Crippen molar-refractivity contribution in [2.75, 3.05) is 13.2 Å². The lowest BCUT2D eigenvalue weighted by atomic mass is 10.1. The minimum Gasteiger partial charge on any atom is -0.505 e. The van der Waals surface area contributed by atoms with Crippen LogP contribution in [0, 0.1) is 0 Å². The Balaban J connectivity index is 2.34. The van der Waals surface area contributed by atoms with Gasteiger partial charge >= 0.3 is 12.1 Å². The van der Waals surface area contributed by atoms with E-state index in [9.17, 15) is 27.9 Å². The fourth-order valence-corrected chi connectivity index (χ4v) is 2.05. The van der Waals surface area contributed by atoms with Crippen molar-refractivity contribution in [3.05, 3.63) is 28.9 Å². The van der Waals surface area contributed by atoms with Crippen molar-refractivity contribution < 1.29 is 37.7 Å². The number of hydrogen-bond acceptors (Lipinski definition) is 5. The Morgan fingerprint density at radius 3 is 2.56 bits per heavy atom. The number of fused-ring (bicyclic) bond motifs is 1. The van der Waals surface area contributed by atoms with Crippen LogP contribution in [0.25, 0.3) is 10.9 Å². The van der Waals surface area contributed by atoms with Gasteiger partial charge < -0.3 is 20.3 Å². The first-order valence-electron chi connectivity index (χ1n) is 6.59. The fraction of sp³-hybridized carbons (Fsp3) is 0.214. The normalized spacial score (nSPS) is 11.4. The van der Waals surface area contributed by atoms with E-state index >= 15 is 0 Å². The monoisotopic (exact) mass is 378 g/mol. The van der Waals surface area contributed by atoms with Crippen molar-refractivity contribution in [2.45, 2.75) is 6.18 Å². The number of carboxylic acid groups (broad SMARTS) is 1. The van der Waals surface area contributed by atoms with E-state index in [4.69, 9.17) is 16.7 Å². The predicted molar refractivity (Wildman–Crippen MR) is 79.9 cm³/mol. The van der Waals surface area contributed by atoms with E-state index in [1.807, 2.05) is 5.32 Å². The average Bonchev–Trinajstić information content (AvgIpc) is 2.49. The molecule has 0 bridgehead atoms. The predicted octanol–water partition coefficient (Wildman–Crippen LogP) is 2.35. The van der Waals surface area contributed by atoms with E-state index in [-0.39, 0.29) is 21.7 Å². The Labute approximate surface area is 143 Å². The molecule has 25 heavy (non-hydrogen) atoms. The maximum absolute atomic E-state index is 12.2. The third-order valence-electron chi connectivity index (χ3n) is 2.85. The van der Waals surface area contributed by atoms with Crippen LogP contribution in [0.2, 0.25) is 5.02 Å². The molecule has 0 spiro atoms. The molecule has 0 aliphatic heterocycles. The van der Waals surface area contributed by atoms with Gasteiger partial charge in [0.15, 0.2) is 12.3 Å². The molecule has 3 N–H and O–H groups in total. The first-order chi connectivity index (χ1) is 11.6. The summed E-state index contributed by atoms with van der Waals surface area (Å²) in [6.07, 6.45) is -4.55. The molecule has 0 fully saturated rings. The van der Waals surface area contributed by atoms with E-state index in [1.165, 1.54) is 0 Å². The zero-order valence-electron chi connectivity index (χ0n) is 12.2. The number of ether oxygens (including phenoxy) is 1. The second-order valence-corrected chi connectivity index (χ2v) is 5.22. The zero-order chi connectivity index (χ0) is 18.8. The molecule has 2 rings (SSSR count). The molecule has 0 aliphatic carbocycles. The van der Waals surface area contributed by atoms with Gasteiger partial charge in [0, 0.05) is 5.39 Å². The SMILES string of the molecule is O=C(O)CNC(=O)c1nc2cc(Cl)c(OCC(F)(F)F)cc2cc1O. The van der Waals surface area contributed by atoms with Gasteiger partial charge in [0.2, 0.25) is 0 Å². The van der Waals surface area contributed by atoms with Crippen molar-refractivity contribution >= 4 is 34.4 Å². The molecule has 0 saturated heterocycles. The molecule has 0 saturated carbocycles. The number of aromatic hydroxyl groups is 1. The number of carbonyl (C=O) groups excluding carboxylic acids is 1. The van der Waals surface area contributed by atoms with E-state index in [0.717, 1.165) is 18.2 Å². The topological polar surface area (TPSA) is 109 Å². The van der Waals surface area contributed by atoms with Crippen LogP contribution in [0.3, 0.4) is 0 Å². The molecule has 7 nitrogen and oxygen atoms in total. The molecule has 1 aromatic heterocycles. The molecule has 2 aromatic rings. The first-order valence-corrected chi connectivity index (χ1v) is 6.97. The second-order valence-electron chi connectivity index (χ2n) is 4.81. The van der Waals surface area contributed by atoms with Crippen molar-refractivity contribution in [1.82, 2.24) is 10.3 Å². The highest BCUT2D eigenvalue weighted by molar-refractivity contribution is 6.32.